The van der Waals surface area contributed by atoms with Gasteiger partial charge in [0, 0.05) is 28.5 Å². The molecule has 0 amide bonds. The van der Waals surface area contributed by atoms with Crippen molar-refractivity contribution in [2.45, 2.75) is 0 Å². The van der Waals surface area contributed by atoms with Crippen molar-refractivity contribution >= 4 is 39.7 Å². The van der Waals surface area contributed by atoms with Crippen LogP contribution in [0.2, 0.25) is 5.02 Å². The number of benzene rings is 1. The second-order valence-corrected chi connectivity index (χ2v) is 4.83. The largest absolute Gasteiger partial charge is 0.337 e. The van der Waals surface area contributed by atoms with E-state index in [2.05, 4.69) is 9.97 Å². The minimum absolute atomic E-state index is 0.00621. The number of nitro benzene ring substituents is 1. The van der Waals surface area contributed by atoms with Crippen LogP contribution in [0, 0.1) is 10.1 Å². The van der Waals surface area contributed by atoms with Gasteiger partial charge in [-0.1, -0.05) is 11.6 Å². The maximum Gasteiger partial charge on any atom is 0.270 e. The number of aromatic amines is 1. The smallest absolute Gasteiger partial charge is 0.270 e. The van der Waals surface area contributed by atoms with Crippen molar-refractivity contribution in [2.24, 2.45) is 0 Å². The Hall–Kier alpha value is -1.92. The number of nitrogens with one attached hydrogen (secondary N) is 1. The van der Waals surface area contributed by atoms with E-state index in [-0.39, 0.29) is 5.69 Å². The number of nitrogens with zero attached hydrogens (tertiary/aromatic N) is 2. The van der Waals surface area contributed by atoms with Gasteiger partial charge in [-0.3, -0.25) is 10.1 Å². The second kappa shape index (κ2) is 4.08. The molecule has 2 aromatic heterocycles. The Kier molecular flexibility index (Phi) is 2.53. The number of hydrogen-bond donors (Lipinski definition) is 1. The third kappa shape index (κ3) is 1.75. The Morgan fingerprint density at radius 3 is 2.94 bits per heavy atom. The maximum atomic E-state index is 10.8. The van der Waals surface area contributed by atoms with Crippen LogP contribution in [0.1, 0.15) is 0 Å². The molecule has 90 valence electrons. The van der Waals surface area contributed by atoms with Gasteiger partial charge in [-0.15, -0.1) is 11.3 Å². The summed E-state index contributed by atoms with van der Waals surface area (Å²) in [5, 5.41) is 15.0. The molecule has 0 radical (unpaired) electrons. The Labute approximate surface area is 110 Å². The zero-order valence-corrected chi connectivity index (χ0v) is 10.5. The van der Waals surface area contributed by atoms with Gasteiger partial charge in [-0.25, -0.2) is 4.98 Å². The molecule has 3 rings (SSSR count). The summed E-state index contributed by atoms with van der Waals surface area (Å²) in [5.41, 5.74) is 2.26. The molecule has 0 aliphatic rings. The topological polar surface area (TPSA) is 71.8 Å². The first kappa shape index (κ1) is 11.2. The Bertz CT molecular complexity index is 721. The molecule has 1 N–H and O–H groups in total. The number of H-pyrrole nitrogens is 1. The van der Waals surface area contributed by atoms with Crippen LogP contribution < -0.4 is 0 Å². The summed E-state index contributed by atoms with van der Waals surface area (Å²) in [6.07, 6.45) is 0. The lowest BCUT2D eigenvalue weighted by atomic mass is 10.2. The fraction of sp³-hybridized carbons (Fsp3) is 0. The molecule has 0 aliphatic heterocycles. The van der Waals surface area contributed by atoms with E-state index < -0.39 is 4.92 Å². The van der Waals surface area contributed by atoms with Gasteiger partial charge in [0.15, 0.2) is 0 Å². The molecule has 0 saturated heterocycles. The highest BCUT2D eigenvalue weighted by Crippen LogP contribution is 2.31. The van der Waals surface area contributed by atoms with Gasteiger partial charge in [0.25, 0.3) is 5.69 Å². The lowest BCUT2D eigenvalue weighted by molar-refractivity contribution is -0.384. The number of aromatic nitrogens is 2. The molecule has 0 saturated carbocycles. The first-order valence-electron chi connectivity index (χ1n) is 5.01. The summed E-state index contributed by atoms with van der Waals surface area (Å²) in [5.74, 6) is 0.543. The second-order valence-electron chi connectivity index (χ2n) is 3.68. The maximum absolute atomic E-state index is 10.8. The molecule has 0 atom stereocenters. The summed E-state index contributed by atoms with van der Waals surface area (Å²) in [6, 6.07) is 4.30. The lowest BCUT2D eigenvalue weighted by Crippen LogP contribution is -1.90. The Balaban J connectivity index is 2.18. The number of hydrogen-bond acceptors (Lipinski definition) is 4. The summed E-state index contributed by atoms with van der Waals surface area (Å²) in [6.45, 7) is 0. The van der Waals surface area contributed by atoms with Gasteiger partial charge in [0.05, 0.1) is 21.0 Å². The van der Waals surface area contributed by atoms with Crippen LogP contribution in [0.15, 0.2) is 29.0 Å². The van der Waals surface area contributed by atoms with E-state index in [1.54, 1.807) is 11.3 Å². The highest BCUT2D eigenvalue weighted by atomic mass is 35.5. The van der Waals surface area contributed by atoms with Gasteiger partial charge in [-0.2, -0.15) is 0 Å². The monoisotopic (exact) mass is 279 g/mol. The summed E-state index contributed by atoms with van der Waals surface area (Å²) in [7, 11) is 0. The predicted molar refractivity (Wildman–Crippen MR) is 71.1 cm³/mol. The number of thiophene rings is 1. The first-order valence-corrected chi connectivity index (χ1v) is 6.33. The average molecular weight is 280 g/mol. The molecule has 0 unspecified atom stereocenters. The molecule has 0 bridgehead atoms. The predicted octanol–water partition coefficient (Wildman–Crippen LogP) is 3.85. The van der Waals surface area contributed by atoms with Crippen molar-refractivity contribution in [2.75, 3.05) is 0 Å². The summed E-state index contributed by atoms with van der Waals surface area (Å²) >= 11 is 7.59. The molecule has 0 spiro atoms. The number of rotatable bonds is 2. The number of non-ortho nitro benzene ring substituents is 1. The standard InChI is InChI=1S/C11H6ClN3O2S/c12-8-2-1-6(15(16)17)3-7(8)11-13-9-4-18-5-10(9)14-11/h1-5H,(H,13,14). The van der Waals surface area contributed by atoms with Crippen molar-refractivity contribution in [3.63, 3.8) is 0 Å². The number of imidazole rings is 1. The van der Waals surface area contributed by atoms with Crippen LogP contribution in [-0.2, 0) is 0 Å². The molecule has 0 aliphatic carbocycles. The molecule has 7 heteroatoms. The van der Waals surface area contributed by atoms with Crippen molar-refractivity contribution < 1.29 is 4.92 Å². The van der Waals surface area contributed by atoms with Gasteiger partial charge >= 0.3 is 0 Å². The fourth-order valence-electron chi connectivity index (χ4n) is 1.68. The molecular formula is C11H6ClN3O2S. The Morgan fingerprint density at radius 2 is 2.22 bits per heavy atom. The average Bonchev–Trinajstić information content (AvgIpc) is 2.89. The first-order chi connectivity index (χ1) is 8.65. The minimum Gasteiger partial charge on any atom is -0.337 e. The van der Waals surface area contributed by atoms with E-state index in [1.165, 1.54) is 18.2 Å². The van der Waals surface area contributed by atoms with E-state index in [0.29, 0.717) is 16.4 Å². The van der Waals surface area contributed by atoms with Crippen LogP contribution in [-0.4, -0.2) is 14.9 Å². The Morgan fingerprint density at radius 1 is 1.39 bits per heavy atom. The minimum atomic E-state index is -0.454. The lowest BCUT2D eigenvalue weighted by Gasteiger charge is -2.00. The van der Waals surface area contributed by atoms with Crippen molar-refractivity contribution in [3.8, 4) is 11.4 Å². The van der Waals surface area contributed by atoms with Gasteiger partial charge in [0.1, 0.15) is 5.82 Å². The quantitative estimate of drug-likeness (QED) is 0.572. The van der Waals surface area contributed by atoms with Crippen LogP contribution in [0.5, 0.6) is 0 Å². The van der Waals surface area contributed by atoms with Gasteiger partial charge in [0.2, 0.25) is 0 Å². The summed E-state index contributed by atoms with van der Waals surface area (Å²) < 4.78 is 0. The van der Waals surface area contributed by atoms with E-state index >= 15 is 0 Å². The van der Waals surface area contributed by atoms with Crippen molar-refractivity contribution in [1.29, 1.82) is 0 Å². The van der Waals surface area contributed by atoms with Crippen molar-refractivity contribution in [1.82, 2.24) is 9.97 Å². The highest BCUT2D eigenvalue weighted by molar-refractivity contribution is 7.09. The highest BCUT2D eigenvalue weighted by Gasteiger charge is 2.14. The summed E-state index contributed by atoms with van der Waals surface area (Å²) in [4.78, 5) is 17.7. The SMILES string of the molecule is O=[N+]([O-])c1ccc(Cl)c(-c2nc3cscc3[nH]2)c1. The third-order valence-corrected chi connectivity index (χ3v) is 3.60. The van der Waals surface area contributed by atoms with Crippen LogP contribution >= 0.6 is 22.9 Å². The van der Waals surface area contributed by atoms with Crippen LogP contribution in [0.25, 0.3) is 22.4 Å². The molecule has 2 heterocycles. The molecular weight excluding hydrogens is 274 g/mol. The number of halogens is 1. The molecule has 18 heavy (non-hydrogen) atoms. The van der Waals surface area contributed by atoms with E-state index in [1.807, 2.05) is 10.8 Å². The molecule has 0 fully saturated rings. The molecule has 1 aromatic carbocycles. The zero-order chi connectivity index (χ0) is 12.7. The van der Waals surface area contributed by atoms with E-state index in [0.717, 1.165) is 11.0 Å². The van der Waals surface area contributed by atoms with E-state index in [9.17, 15) is 10.1 Å². The van der Waals surface area contributed by atoms with Crippen LogP contribution in [0.3, 0.4) is 0 Å². The molecule has 5 nitrogen and oxygen atoms in total. The number of fused-ring (bicyclic) bond motifs is 1. The normalized spacial score (nSPS) is 10.9. The number of nitro groups is 1. The van der Waals surface area contributed by atoms with E-state index in [4.69, 9.17) is 11.6 Å². The fourth-order valence-corrected chi connectivity index (χ4v) is 2.58. The van der Waals surface area contributed by atoms with Gasteiger partial charge in [-0.05, 0) is 6.07 Å². The zero-order valence-electron chi connectivity index (χ0n) is 8.88. The molecule has 3 aromatic rings. The third-order valence-electron chi connectivity index (χ3n) is 2.54. The van der Waals surface area contributed by atoms with Crippen molar-refractivity contribution in [3.05, 3.63) is 44.1 Å². The van der Waals surface area contributed by atoms with Gasteiger partial charge < -0.3 is 4.98 Å². The van der Waals surface area contributed by atoms with Crippen LogP contribution in [0.4, 0.5) is 5.69 Å².